The van der Waals surface area contributed by atoms with E-state index in [0.29, 0.717) is 26.1 Å². The third kappa shape index (κ3) is 6.86. The number of carbonyl (C=O) groups excluding carboxylic acids is 2. The van der Waals surface area contributed by atoms with E-state index in [4.69, 9.17) is 4.74 Å². The summed E-state index contributed by atoms with van der Waals surface area (Å²) in [6.45, 7) is 9.66. The van der Waals surface area contributed by atoms with Crippen molar-refractivity contribution in [2.45, 2.75) is 26.7 Å². The molecule has 1 N–H and O–H groups in total. The van der Waals surface area contributed by atoms with Gasteiger partial charge in [0.2, 0.25) is 11.8 Å². The van der Waals surface area contributed by atoms with Crippen LogP contribution in [0.5, 0.6) is 0 Å². The Labute approximate surface area is 121 Å². The molecular weight excluding hydrogens is 258 g/mol. The van der Waals surface area contributed by atoms with Crippen molar-refractivity contribution in [3.63, 3.8) is 0 Å². The Balaban J connectivity index is 2.25. The zero-order valence-corrected chi connectivity index (χ0v) is 12.7. The molecule has 0 saturated carbocycles. The van der Waals surface area contributed by atoms with E-state index in [0.717, 1.165) is 39.3 Å². The minimum atomic E-state index is 0.0180. The molecule has 0 unspecified atom stereocenters. The quantitative estimate of drug-likeness (QED) is 0.686. The van der Waals surface area contributed by atoms with Crippen LogP contribution in [0, 0.1) is 0 Å². The van der Waals surface area contributed by atoms with Crippen LogP contribution >= 0.6 is 0 Å². The Morgan fingerprint density at radius 3 is 2.55 bits per heavy atom. The summed E-state index contributed by atoms with van der Waals surface area (Å²) in [5, 5.41) is 2.83. The predicted molar refractivity (Wildman–Crippen MR) is 77.4 cm³/mol. The third-order valence-corrected chi connectivity index (χ3v) is 3.42. The van der Waals surface area contributed by atoms with Gasteiger partial charge in [-0.3, -0.25) is 14.5 Å². The standard InChI is InChI=1S/C14H27N3O3/c1-3-5-15-14(19)4-6-17(13(2)18)8-7-16-9-11-20-12-10-16/h3-12H2,1-2H3,(H,15,19). The minimum Gasteiger partial charge on any atom is -0.379 e. The normalized spacial score (nSPS) is 15.9. The molecule has 116 valence electrons. The zero-order valence-electron chi connectivity index (χ0n) is 12.7. The summed E-state index contributed by atoms with van der Waals surface area (Å²) >= 11 is 0. The molecule has 0 aromatic heterocycles. The van der Waals surface area contributed by atoms with Gasteiger partial charge in [-0.15, -0.1) is 0 Å². The highest BCUT2D eigenvalue weighted by molar-refractivity contribution is 5.77. The highest BCUT2D eigenvalue weighted by Gasteiger charge is 2.14. The first-order valence-corrected chi connectivity index (χ1v) is 7.45. The molecule has 0 aromatic rings. The van der Waals surface area contributed by atoms with Gasteiger partial charge in [0, 0.05) is 52.6 Å². The molecule has 1 saturated heterocycles. The van der Waals surface area contributed by atoms with E-state index in [1.54, 1.807) is 11.8 Å². The molecule has 0 atom stereocenters. The molecule has 1 fully saturated rings. The molecule has 1 aliphatic heterocycles. The first-order valence-electron chi connectivity index (χ1n) is 7.45. The molecule has 1 aliphatic rings. The summed E-state index contributed by atoms with van der Waals surface area (Å²) in [6, 6.07) is 0. The van der Waals surface area contributed by atoms with E-state index in [-0.39, 0.29) is 11.8 Å². The third-order valence-electron chi connectivity index (χ3n) is 3.42. The number of ether oxygens (including phenoxy) is 1. The number of rotatable bonds is 8. The van der Waals surface area contributed by atoms with Crippen molar-refractivity contribution in [2.24, 2.45) is 0 Å². The van der Waals surface area contributed by atoms with Gasteiger partial charge >= 0.3 is 0 Å². The van der Waals surface area contributed by atoms with Crippen LogP contribution in [0.25, 0.3) is 0 Å². The van der Waals surface area contributed by atoms with Crippen LogP contribution in [-0.2, 0) is 14.3 Å². The van der Waals surface area contributed by atoms with Crippen molar-refractivity contribution in [2.75, 3.05) is 52.5 Å². The van der Waals surface area contributed by atoms with Gasteiger partial charge in [0.1, 0.15) is 0 Å². The summed E-state index contributed by atoms with van der Waals surface area (Å²) in [7, 11) is 0. The molecule has 6 heteroatoms. The summed E-state index contributed by atoms with van der Waals surface area (Å²) in [5.74, 6) is 0.0472. The first kappa shape index (κ1) is 16.9. The van der Waals surface area contributed by atoms with Gasteiger partial charge in [-0.05, 0) is 6.42 Å². The van der Waals surface area contributed by atoms with Gasteiger partial charge in [0.05, 0.1) is 13.2 Å². The molecule has 0 aliphatic carbocycles. The Bertz CT molecular complexity index is 304. The Kier molecular flexibility index (Phi) is 8.22. The average molecular weight is 285 g/mol. The number of amides is 2. The Morgan fingerprint density at radius 1 is 1.25 bits per heavy atom. The maximum atomic E-state index is 11.6. The molecule has 0 aromatic carbocycles. The SMILES string of the molecule is CCCNC(=O)CCN(CCN1CCOCC1)C(C)=O. The van der Waals surface area contributed by atoms with Gasteiger partial charge in [0.15, 0.2) is 0 Å². The topological polar surface area (TPSA) is 61.9 Å². The number of morpholine rings is 1. The second-order valence-corrected chi connectivity index (χ2v) is 5.06. The van der Waals surface area contributed by atoms with E-state index in [1.807, 2.05) is 6.92 Å². The fraction of sp³-hybridized carbons (Fsp3) is 0.857. The van der Waals surface area contributed by atoms with Crippen LogP contribution < -0.4 is 5.32 Å². The maximum absolute atomic E-state index is 11.6. The number of nitrogens with zero attached hydrogens (tertiary/aromatic N) is 2. The van der Waals surface area contributed by atoms with Crippen molar-refractivity contribution >= 4 is 11.8 Å². The second-order valence-electron chi connectivity index (χ2n) is 5.06. The van der Waals surface area contributed by atoms with Crippen molar-refractivity contribution in [1.82, 2.24) is 15.1 Å². The molecule has 1 rings (SSSR count). The molecule has 6 nitrogen and oxygen atoms in total. The maximum Gasteiger partial charge on any atom is 0.221 e. The lowest BCUT2D eigenvalue weighted by atomic mass is 10.3. The van der Waals surface area contributed by atoms with E-state index in [2.05, 4.69) is 10.2 Å². The average Bonchev–Trinajstić information content (AvgIpc) is 2.45. The van der Waals surface area contributed by atoms with Crippen molar-refractivity contribution in [3.05, 3.63) is 0 Å². The lowest BCUT2D eigenvalue weighted by molar-refractivity contribution is -0.130. The fourth-order valence-corrected chi connectivity index (χ4v) is 2.10. The van der Waals surface area contributed by atoms with Crippen molar-refractivity contribution in [3.8, 4) is 0 Å². The number of hydrogen-bond acceptors (Lipinski definition) is 4. The first-order chi connectivity index (χ1) is 9.63. The van der Waals surface area contributed by atoms with Crippen LogP contribution in [0.4, 0.5) is 0 Å². The minimum absolute atomic E-state index is 0.0180. The van der Waals surface area contributed by atoms with E-state index in [1.165, 1.54) is 0 Å². The summed E-state index contributed by atoms with van der Waals surface area (Å²) in [4.78, 5) is 27.2. The molecular formula is C14H27N3O3. The Hall–Kier alpha value is -1.14. The van der Waals surface area contributed by atoms with Crippen LogP contribution in [0.2, 0.25) is 0 Å². The van der Waals surface area contributed by atoms with Gasteiger partial charge in [0.25, 0.3) is 0 Å². The summed E-state index contributed by atoms with van der Waals surface area (Å²) in [5.41, 5.74) is 0. The van der Waals surface area contributed by atoms with Crippen molar-refractivity contribution in [1.29, 1.82) is 0 Å². The molecule has 20 heavy (non-hydrogen) atoms. The van der Waals surface area contributed by atoms with Gasteiger partial charge in [-0.2, -0.15) is 0 Å². The van der Waals surface area contributed by atoms with Gasteiger partial charge in [-0.25, -0.2) is 0 Å². The highest BCUT2D eigenvalue weighted by Crippen LogP contribution is 1.99. The molecule has 1 heterocycles. The van der Waals surface area contributed by atoms with E-state index >= 15 is 0 Å². The predicted octanol–water partition coefficient (Wildman–Crippen LogP) is 0.0834. The Morgan fingerprint density at radius 2 is 1.95 bits per heavy atom. The van der Waals surface area contributed by atoms with Crippen LogP contribution in [0.1, 0.15) is 26.7 Å². The molecule has 0 bridgehead atoms. The molecule has 0 radical (unpaired) electrons. The van der Waals surface area contributed by atoms with Crippen molar-refractivity contribution < 1.29 is 14.3 Å². The smallest absolute Gasteiger partial charge is 0.221 e. The van der Waals surface area contributed by atoms with Crippen LogP contribution in [0.15, 0.2) is 0 Å². The lowest BCUT2D eigenvalue weighted by Gasteiger charge is -2.29. The molecule has 0 spiro atoms. The van der Waals surface area contributed by atoms with E-state index in [9.17, 15) is 9.59 Å². The number of nitrogens with one attached hydrogen (secondary N) is 1. The van der Waals surface area contributed by atoms with Crippen LogP contribution in [-0.4, -0.2) is 74.1 Å². The summed E-state index contributed by atoms with van der Waals surface area (Å²) in [6.07, 6.45) is 1.31. The number of hydrogen-bond donors (Lipinski definition) is 1. The fourth-order valence-electron chi connectivity index (χ4n) is 2.10. The molecule has 2 amide bonds. The monoisotopic (exact) mass is 285 g/mol. The van der Waals surface area contributed by atoms with Gasteiger partial charge in [-0.1, -0.05) is 6.92 Å². The largest absolute Gasteiger partial charge is 0.379 e. The zero-order chi connectivity index (χ0) is 14.8. The number of carbonyl (C=O) groups is 2. The summed E-state index contributed by atoms with van der Waals surface area (Å²) < 4.78 is 5.30. The van der Waals surface area contributed by atoms with E-state index < -0.39 is 0 Å². The van der Waals surface area contributed by atoms with Crippen LogP contribution in [0.3, 0.4) is 0 Å². The highest BCUT2D eigenvalue weighted by atomic mass is 16.5. The van der Waals surface area contributed by atoms with Gasteiger partial charge < -0.3 is 15.0 Å². The lowest BCUT2D eigenvalue weighted by Crippen LogP contribution is -2.43. The second kappa shape index (κ2) is 9.72.